The Bertz CT molecular complexity index is 1210. The zero-order valence-electron chi connectivity index (χ0n) is 15.6. The molecule has 0 aliphatic heterocycles. The molecule has 0 aliphatic carbocycles. The minimum absolute atomic E-state index is 0.0380. The number of carbonyl (C=O) groups excluding carboxylic acids is 2. The first-order valence-corrected chi connectivity index (χ1v) is 9.39. The Hall–Kier alpha value is -3.84. The average Bonchev–Trinajstić information content (AvgIpc) is 3.25. The van der Waals surface area contributed by atoms with Crippen molar-refractivity contribution in [3.8, 4) is 5.75 Å². The largest absolute Gasteiger partial charge is 0.486 e. The molecular weight excluding hydrogens is 406 g/mol. The van der Waals surface area contributed by atoms with Crippen LogP contribution in [0, 0.1) is 0 Å². The van der Waals surface area contributed by atoms with E-state index in [0.29, 0.717) is 22.0 Å². The molecule has 0 fully saturated rings. The number of hydrazine groups is 1. The van der Waals surface area contributed by atoms with Crippen LogP contribution in [0.4, 0.5) is 0 Å². The minimum Gasteiger partial charge on any atom is -0.486 e. The molecule has 2 N–H and O–H groups in total. The van der Waals surface area contributed by atoms with Crippen molar-refractivity contribution < 1.29 is 18.7 Å². The lowest BCUT2D eigenvalue weighted by Gasteiger charge is -2.09. The lowest BCUT2D eigenvalue weighted by Crippen LogP contribution is -2.41. The lowest BCUT2D eigenvalue weighted by atomic mass is 10.1. The fourth-order valence-corrected chi connectivity index (χ4v) is 3.05. The highest BCUT2D eigenvalue weighted by molar-refractivity contribution is 6.32. The number of furan rings is 1. The van der Waals surface area contributed by atoms with Crippen LogP contribution in [0.3, 0.4) is 0 Å². The second-order valence-electron chi connectivity index (χ2n) is 6.30. The van der Waals surface area contributed by atoms with E-state index in [-0.39, 0.29) is 17.9 Å². The average molecular weight is 422 g/mol. The normalized spacial score (nSPS) is 10.6. The number of amides is 2. The second kappa shape index (κ2) is 8.67. The van der Waals surface area contributed by atoms with Crippen LogP contribution in [0.1, 0.15) is 26.7 Å². The number of hydrogen-bond acceptors (Lipinski definition) is 5. The molecule has 0 radical (unpaired) electrons. The van der Waals surface area contributed by atoms with Gasteiger partial charge in [0.05, 0.1) is 11.1 Å². The molecule has 7 nitrogen and oxygen atoms in total. The van der Waals surface area contributed by atoms with Gasteiger partial charge in [-0.25, -0.2) is 0 Å². The summed E-state index contributed by atoms with van der Waals surface area (Å²) in [6.45, 7) is 0.170. The maximum Gasteiger partial charge on any atom is 0.305 e. The smallest absolute Gasteiger partial charge is 0.305 e. The van der Waals surface area contributed by atoms with Gasteiger partial charge >= 0.3 is 5.91 Å². The van der Waals surface area contributed by atoms with Crippen LogP contribution >= 0.6 is 11.6 Å². The summed E-state index contributed by atoms with van der Waals surface area (Å²) in [6.07, 6.45) is 1.58. The highest BCUT2D eigenvalue weighted by atomic mass is 35.5. The van der Waals surface area contributed by atoms with Crippen LogP contribution in [0.2, 0.25) is 5.02 Å². The highest BCUT2D eigenvalue weighted by Crippen LogP contribution is 2.22. The fourth-order valence-electron chi connectivity index (χ4n) is 2.82. The monoisotopic (exact) mass is 421 g/mol. The van der Waals surface area contributed by atoms with Crippen molar-refractivity contribution in [2.75, 3.05) is 0 Å². The van der Waals surface area contributed by atoms with E-state index >= 15 is 0 Å². The Morgan fingerprint density at radius 2 is 1.77 bits per heavy atom. The van der Waals surface area contributed by atoms with E-state index in [9.17, 15) is 9.59 Å². The van der Waals surface area contributed by atoms with Gasteiger partial charge in [-0.3, -0.25) is 25.4 Å². The van der Waals surface area contributed by atoms with E-state index in [4.69, 9.17) is 20.8 Å². The highest BCUT2D eigenvalue weighted by Gasteiger charge is 2.16. The summed E-state index contributed by atoms with van der Waals surface area (Å²) in [6, 6.07) is 19.1. The number of benzene rings is 2. The molecule has 0 unspecified atom stereocenters. The molecule has 0 aliphatic rings. The summed E-state index contributed by atoms with van der Waals surface area (Å²) in [5.74, 6) is 0.0493. The minimum atomic E-state index is -0.603. The first kappa shape index (κ1) is 19.5. The van der Waals surface area contributed by atoms with E-state index in [2.05, 4.69) is 15.8 Å². The predicted octanol–water partition coefficient (Wildman–Crippen LogP) is 4.14. The molecule has 2 heterocycles. The van der Waals surface area contributed by atoms with Crippen molar-refractivity contribution in [1.82, 2.24) is 15.8 Å². The van der Waals surface area contributed by atoms with Crippen molar-refractivity contribution in [3.63, 3.8) is 0 Å². The maximum atomic E-state index is 12.5. The summed E-state index contributed by atoms with van der Waals surface area (Å²) in [5, 5.41) is 1.11. The predicted molar refractivity (Wildman–Crippen MR) is 111 cm³/mol. The van der Waals surface area contributed by atoms with E-state index in [1.807, 2.05) is 30.3 Å². The Morgan fingerprint density at radius 3 is 2.60 bits per heavy atom. The number of nitrogens with zero attached hydrogens (tertiary/aromatic N) is 1. The first-order valence-electron chi connectivity index (χ1n) is 9.02. The van der Waals surface area contributed by atoms with Gasteiger partial charge < -0.3 is 9.15 Å². The van der Waals surface area contributed by atoms with Gasteiger partial charge in [-0.1, -0.05) is 35.9 Å². The number of ether oxygens (including phenoxy) is 1. The molecule has 2 aromatic carbocycles. The molecule has 2 amide bonds. The van der Waals surface area contributed by atoms with Crippen LogP contribution in [0.25, 0.3) is 10.9 Å². The van der Waals surface area contributed by atoms with Gasteiger partial charge in [-0.15, -0.1) is 0 Å². The molecule has 30 heavy (non-hydrogen) atoms. The number of carbonyl (C=O) groups is 2. The van der Waals surface area contributed by atoms with E-state index in [0.717, 1.165) is 5.39 Å². The van der Waals surface area contributed by atoms with Crippen molar-refractivity contribution in [3.05, 3.63) is 95.0 Å². The molecule has 2 aromatic heterocycles. The summed E-state index contributed by atoms with van der Waals surface area (Å²) in [5.41, 5.74) is 5.40. The number of rotatable bonds is 5. The number of aromatic nitrogens is 1. The molecular formula is C22H16ClN3O4. The number of fused-ring (bicyclic) bond motifs is 1. The van der Waals surface area contributed by atoms with Crippen LogP contribution in [0.5, 0.6) is 5.75 Å². The van der Waals surface area contributed by atoms with Gasteiger partial charge in [0, 0.05) is 16.6 Å². The number of nitrogens with one attached hydrogen (secondary N) is 2. The van der Waals surface area contributed by atoms with Gasteiger partial charge in [-0.05, 0) is 42.5 Å². The number of hydrogen-bond donors (Lipinski definition) is 2. The number of para-hydroxylation sites is 1. The van der Waals surface area contributed by atoms with E-state index in [1.54, 1.807) is 30.5 Å². The lowest BCUT2D eigenvalue weighted by molar-refractivity contribution is 0.0829. The van der Waals surface area contributed by atoms with E-state index in [1.165, 1.54) is 12.1 Å². The van der Waals surface area contributed by atoms with Gasteiger partial charge in [0.1, 0.15) is 18.1 Å². The Labute approximate surface area is 176 Å². The summed E-state index contributed by atoms with van der Waals surface area (Å²) in [7, 11) is 0. The third-order valence-electron chi connectivity index (χ3n) is 4.21. The molecule has 0 saturated carbocycles. The molecule has 4 rings (SSSR count). The topological polar surface area (TPSA) is 93.5 Å². The number of halogens is 1. The Kier molecular flexibility index (Phi) is 5.63. The molecule has 4 aromatic rings. The van der Waals surface area contributed by atoms with Crippen LogP contribution < -0.4 is 15.6 Å². The maximum absolute atomic E-state index is 12.5. The summed E-state index contributed by atoms with van der Waals surface area (Å²) >= 11 is 6.08. The summed E-state index contributed by atoms with van der Waals surface area (Å²) in [4.78, 5) is 29.0. The second-order valence-corrected chi connectivity index (χ2v) is 6.74. The van der Waals surface area contributed by atoms with Crippen molar-refractivity contribution >= 4 is 34.3 Å². The zero-order valence-corrected chi connectivity index (χ0v) is 16.3. The fraction of sp³-hybridized carbons (Fsp3) is 0.0455. The number of pyridine rings is 1. The molecule has 8 heteroatoms. The SMILES string of the molecule is O=C(NNC(=O)c1cc(Cl)cc2cccnc12)c1ccc(COc2ccccc2)o1. The summed E-state index contributed by atoms with van der Waals surface area (Å²) < 4.78 is 11.1. The van der Waals surface area contributed by atoms with Crippen LogP contribution in [-0.2, 0) is 6.61 Å². The van der Waals surface area contributed by atoms with Crippen molar-refractivity contribution in [2.45, 2.75) is 6.61 Å². The standard InChI is InChI=1S/C22H16ClN3O4/c23-15-11-14-5-4-10-24-20(14)18(12-15)21(27)25-26-22(28)19-9-8-17(30-19)13-29-16-6-2-1-3-7-16/h1-12H,13H2,(H,25,27)(H,26,28). The molecule has 0 atom stereocenters. The first-order chi connectivity index (χ1) is 14.6. The third-order valence-corrected chi connectivity index (χ3v) is 4.43. The van der Waals surface area contributed by atoms with Crippen molar-refractivity contribution in [2.24, 2.45) is 0 Å². The van der Waals surface area contributed by atoms with Gasteiger partial charge in [0.25, 0.3) is 5.91 Å². The molecule has 0 spiro atoms. The van der Waals surface area contributed by atoms with Crippen LogP contribution in [0.15, 0.2) is 77.3 Å². The molecule has 150 valence electrons. The molecule has 0 bridgehead atoms. The van der Waals surface area contributed by atoms with Crippen LogP contribution in [-0.4, -0.2) is 16.8 Å². The third kappa shape index (κ3) is 4.42. The van der Waals surface area contributed by atoms with Gasteiger partial charge in [0.15, 0.2) is 5.76 Å². The van der Waals surface area contributed by atoms with Gasteiger partial charge in [-0.2, -0.15) is 0 Å². The Morgan fingerprint density at radius 1 is 0.967 bits per heavy atom. The van der Waals surface area contributed by atoms with Crippen molar-refractivity contribution in [1.29, 1.82) is 0 Å². The van der Waals surface area contributed by atoms with Gasteiger partial charge in [0.2, 0.25) is 0 Å². The quantitative estimate of drug-likeness (QED) is 0.472. The van der Waals surface area contributed by atoms with E-state index < -0.39 is 11.8 Å². The molecule has 0 saturated heterocycles. The zero-order chi connectivity index (χ0) is 20.9. The Balaban J connectivity index is 1.38.